The van der Waals surface area contributed by atoms with E-state index >= 15 is 0 Å². The summed E-state index contributed by atoms with van der Waals surface area (Å²) in [6.45, 7) is 4.67. The maximum atomic E-state index is 11.9. The molecule has 0 heterocycles. The normalized spacial score (nSPS) is 12.1. The van der Waals surface area contributed by atoms with Gasteiger partial charge in [-0.1, -0.05) is 69.4 Å². The van der Waals surface area contributed by atoms with Gasteiger partial charge in [0.1, 0.15) is 0 Å². The van der Waals surface area contributed by atoms with Crippen LogP contribution in [0.4, 0.5) is 0 Å². The maximum absolute atomic E-state index is 11.9. The van der Waals surface area contributed by atoms with Crippen molar-refractivity contribution in [3.63, 3.8) is 0 Å². The SMILES string of the molecule is CCCCCCCCOC(=O)[C@H](C)c1ccccc1. The van der Waals surface area contributed by atoms with Crippen LogP contribution in [0.25, 0.3) is 0 Å². The van der Waals surface area contributed by atoms with Crippen LogP contribution in [0.1, 0.15) is 63.9 Å². The first kappa shape index (κ1) is 15.7. The molecule has 0 aliphatic heterocycles. The molecule has 0 aliphatic carbocycles. The third-order valence-corrected chi connectivity index (χ3v) is 3.40. The highest BCUT2D eigenvalue weighted by molar-refractivity contribution is 5.77. The van der Waals surface area contributed by atoms with Crippen molar-refractivity contribution in [3.05, 3.63) is 35.9 Å². The summed E-state index contributed by atoms with van der Waals surface area (Å²) in [6, 6.07) is 9.80. The average Bonchev–Trinajstić information content (AvgIpc) is 2.46. The molecule has 0 saturated heterocycles. The van der Waals surface area contributed by atoms with E-state index in [9.17, 15) is 4.79 Å². The minimum atomic E-state index is -0.165. The van der Waals surface area contributed by atoms with Crippen molar-refractivity contribution in [2.24, 2.45) is 0 Å². The topological polar surface area (TPSA) is 26.3 Å². The van der Waals surface area contributed by atoms with Gasteiger partial charge >= 0.3 is 5.97 Å². The van der Waals surface area contributed by atoms with Gasteiger partial charge in [-0.15, -0.1) is 0 Å². The summed E-state index contributed by atoms with van der Waals surface area (Å²) in [5, 5.41) is 0. The summed E-state index contributed by atoms with van der Waals surface area (Å²) in [5.41, 5.74) is 1.02. The molecule has 1 aromatic carbocycles. The minimum absolute atomic E-state index is 0.111. The van der Waals surface area contributed by atoms with E-state index in [2.05, 4.69) is 6.92 Å². The van der Waals surface area contributed by atoms with Crippen molar-refractivity contribution in [1.29, 1.82) is 0 Å². The number of esters is 1. The standard InChI is InChI=1S/C17H26O2/c1-3-4-5-6-7-11-14-19-17(18)15(2)16-12-9-8-10-13-16/h8-10,12-13,15H,3-7,11,14H2,1-2H3/t15-/m1/s1. The Morgan fingerprint density at radius 2 is 1.68 bits per heavy atom. The van der Waals surface area contributed by atoms with Gasteiger partial charge in [-0.25, -0.2) is 0 Å². The highest BCUT2D eigenvalue weighted by Gasteiger charge is 2.15. The van der Waals surface area contributed by atoms with Gasteiger partial charge in [-0.2, -0.15) is 0 Å². The molecule has 106 valence electrons. The molecule has 1 aromatic rings. The van der Waals surface area contributed by atoms with Crippen molar-refractivity contribution >= 4 is 5.97 Å². The van der Waals surface area contributed by atoms with Crippen molar-refractivity contribution in [1.82, 2.24) is 0 Å². The summed E-state index contributed by atoms with van der Waals surface area (Å²) >= 11 is 0. The second-order valence-corrected chi connectivity index (χ2v) is 5.07. The van der Waals surface area contributed by atoms with E-state index in [0.717, 1.165) is 18.4 Å². The Morgan fingerprint density at radius 3 is 2.37 bits per heavy atom. The number of unbranched alkanes of at least 4 members (excludes halogenated alkanes) is 5. The zero-order chi connectivity index (χ0) is 13.9. The van der Waals surface area contributed by atoms with Gasteiger partial charge in [0.2, 0.25) is 0 Å². The van der Waals surface area contributed by atoms with E-state index in [1.807, 2.05) is 37.3 Å². The van der Waals surface area contributed by atoms with Crippen LogP contribution in [0, 0.1) is 0 Å². The molecule has 0 fully saturated rings. The van der Waals surface area contributed by atoms with Crippen LogP contribution in [-0.2, 0) is 9.53 Å². The van der Waals surface area contributed by atoms with E-state index in [-0.39, 0.29) is 11.9 Å². The van der Waals surface area contributed by atoms with E-state index < -0.39 is 0 Å². The van der Waals surface area contributed by atoms with Crippen molar-refractivity contribution in [2.75, 3.05) is 6.61 Å². The summed E-state index contributed by atoms with van der Waals surface area (Å²) in [4.78, 5) is 11.9. The average molecular weight is 262 g/mol. The third-order valence-electron chi connectivity index (χ3n) is 3.40. The van der Waals surface area contributed by atoms with Crippen LogP contribution >= 0.6 is 0 Å². The first-order valence-electron chi connectivity index (χ1n) is 7.47. The van der Waals surface area contributed by atoms with E-state index in [1.54, 1.807) is 0 Å². The largest absolute Gasteiger partial charge is 0.465 e. The highest BCUT2D eigenvalue weighted by atomic mass is 16.5. The predicted octanol–water partition coefficient (Wildman–Crippen LogP) is 4.69. The molecule has 0 radical (unpaired) electrons. The molecule has 2 nitrogen and oxygen atoms in total. The Hall–Kier alpha value is -1.31. The second kappa shape index (κ2) is 9.60. The Morgan fingerprint density at radius 1 is 1.05 bits per heavy atom. The quantitative estimate of drug-likeness (QED) is 0.476. The number of benzene rings is 1. The Kier molecular flexibility index (Phi) is 7.95. The summed E-state index contributed by atoms with van der Waals surface area (Å²) in [6.07, 6.45) is 7.27. The van der Waals surface area contributed by atoms with E-state index in [0.29, 0.717) is 6.61 Å². The van der Waals surface area contributed by atoms with Gasteiger partial charge in [0, 0.05) is 0 Å². The van der Waals surface area contributed by atoms with Crippen molar-refractivity contribution in [3.8, 4) is 0 Å². The number of hydrogen-bond donors (Lipinski definition) is 0. The molecule has 0 spiro atoms. The van der Waals surface area contributed by atoms with Crippen LogP contribution < -0.4 is 0 Å². The highest BCUT2D eigenvalue weighted by Crippen LogP contribution is 2.16. The molecule has 0 aliphatic rings. The number of ether oxygens (including phenoxy) is 1. The molecule has 0 aromatic heterocycles. The number of rotatable bonds is 9. The number of hydrogen-bond acceptors (Lipinski definition) is 2. The Bertz CT molecular complexity index is 346. The fraction of sp³-hybridized carbons (Fsp3) is 0.588. The lowest BCUT2D eigenvalue weighted by Crippen LogP contribution is -2.13. The Balaban J connectivity index is 2.14. The van der Waals surface area contributed by atoms with Crippen molar-refractivity contribution in [2.45, 2.75) is 58.3 Å². The molecule has 1 rings (SSSR count). The van der Waals surface area contributed by atoms with Gasteiger partial charge < -0.3 is 4.74 Å². The van der Waals surface area contributed by atoms with Crippen LogP contribution in [-0.4, -0.2) is 12.6 Å². The molecule has 2 heteroatoms. The number of carbonyl (C=O) groups is 1. The minimum Gasteiger partial charge on any atom is -0.465 e. The lowest BCUT2D eigenvalue weighted by Gasteiger charge is -2.11. The van der Waals surface area contributed by atoms with Gasteiger partial charge in [0.25, 0.3) is 0 Å². The van der Waals surface area contributed by atoms with Gasteiger partial charge in [0.05, 0.1) is 12.5 Å². The molecule has 19 heavy (non-hydrogen) atoms. The lowest BCUT2D eigenvalue weighted by molar-refractivity contribution is -0.145. The summed E-state index contributed by atoms with van der Waals surface area (Å²) in [7, 11) is 0. The van der Waals surface area contributed by atoms with Gasteiger partial charge in [-0.05, 0) is 18.9 Å². The molecular weight excluding hydrogens is 236 g/mol. The molecule has 0 amide bonds. The second-order valence-electron chi connectivity index (χ2n) is 5.07. The first-order valence-corrected chi connectivity index (χ1v) is 7.47. The van der Waals surface area contributed by atoms with Crippen LogP contribution in [0.3, 0.4) is 0 Å². The van der Waals surface area contributed by atoms with Gasteiger partial charge in [0.15, 0.2) is 0 Å². The van der Waals surface area contributed by atoms with E-state index in [4.69, 9.17) is 4.74 Å². The molecule has 0 bridgehead atoms. The fourth-order valence-corrected chi connectivity index (χ4v) is 2.06. The van der Waals surface area contributed by atoms with Crippen LogP contribution in [0.15, 0.2) is 30.3 Å². The smallest absolute Gasteiger partial charge is 0.313 e. The summed E-state index contributed by atoms with van der Waals surface area (Å²) < 4.78 is 5.33. The first-order chi connectivity index (χ1) is 9.25. The van der Waals surface area contributed by atoms with Crippen LogP contribution in [0.5, 0.6) is 0 Å². The molecule has 1 atom stereocenters. The van der Waals surface area contributed by atoms with Crippen LogP contribution in [0.2, 0.25) is 0 Å². The lowest BCUT2D eigenvalue weighted by atomic mass is 10.0. The number of carbonyl (C=O) groups excluding carboxylic acids is 1. The molecular formula is C17H26O2. The zero-order valence-corrected chi connectivity index (χ0v) is 12.2. The third kappa shape index (κ3) is 6.42. The monoisotopic (exact) mass is 262 g/mol. The molecule has 0 saturated carbocycles. The molecule has 0 N–H and O–H groups in total. The van der Waals surface area contributed by atoms with Gasteiger partial charge in [-0.3, -0.25) is 4.79 Å². The predicted molar refractivity (Wildman–Crippen MR) is 79.2 cm³/mol. The zero-order valence-electron chi connectivity index (χ0n) is 12.2. The van der Waals surface area contributed by atoms with Crippen molar-refractivity contribution < 1.29 is 9.53 Å². The maximum Gasteiger partial charge on any atom is 0.313 e. The summed E-state index contributed by atoms with van der Waals surface area (Å²) in [5.74, 6) is -0.277. The fourth-order valence-electron chi connectivity index (χ4n) is 2.06. The Labute approximate surface area is 117 Å². The molecule has 0 unspecified atom stereocenters. The van der Waals surface area contributed by atoms with E-state index in [1.165, 1.54) is 25.7 Å².